The van der Waals surface area contributed by atoms with Crippen LogP contribution in [0.1, 0.15) is 15.2 Å². The molecular formula is C19H15F2N5O4S. The molecule has 0 saturated carbocycles. The average Bonchev–Trinajstić information content (AvgIpc) is 3.40. The highest BCUT2D eigenvalue weighted by atomic mass is 32.1. The summed E-state index contributed by atoms with van der Waals surface area (Å²) in [4.78, 5) is 13.1. The number of ether oxygens (including phenoxy) is 3. The molecule has 31 heavy (non-hydrogen) atoms. The SMILES string of the molecule is COc1cc2sc(C(=O)Nc3nn[nH]n3)c(OCc3ccc(F)c(F)c3)c2cc1OC. The topological polar surface area (TPSA) is 111 Å². The summed E-state index contributed by atoms with van der Waals surface area (Å²) >= 11 is 1.15. The molecule has 12 heteroatoms. The number of H-pyrrole nitrogens is 1. The first kappa shape index (κ1) is 20.5. The Kier molecular flexibility index (Phi) is 5.62. The van der Waals surface area contributed by atoms with E-state index in [1.54, 1.807) is 12.1 Å². The Morgan fingerprint density at radius 2 is 1.90 bits per heavy atom. The Morgan fingerprint density at radius 1 is 1.13 bits per heavy atom. The molecule has 9 nitrogen and oxygen atoms in total. The summed E-state index contributed by atoms with van der Waals surface area (Å²) < 4.78 is 44.0. The third kappa shape index (κ3) is 4.10. The fraction of sp³-hybridized carbons (Fsp3) is 0.158. The van der Waals surface area contributed by atoms with E-state index < -0.39 is 17.5 Å². The maximum Gasteiger partial charge on any atom is 0.272 e. The smallest absolute Gasteiger partial charge is 0.272 e. The normalized spacial score (nSPS) is 10.8. The summed E-state index contributed by atoms with van der Waals surface area (Å²) in [5, 5.41) is 16.1. The Bertz CT molecular complexity index is 1250. The molecule has 0 atom stereocenters. The molecule has 0 fully saturated rings. The Balaban J connectivity index is 1.74. The predicted molar refractivity (Wildman–Crippen MR) is 108 cm³/mol. The second-order valence-electron chi connectivity index (χ2n) is 6.19. The zero-order chi connectivity index (χ0) is 22.0. The van der Waals surface area contributed by atoms with E-state index in [1.165, 1.54) is 20.3 Å². The molecule has 0 unspecified atom stereocenters. The zero-order valence-electron chi connectivity index (χ0n) is 16.2. The van der Waals surface area contributed by atoms with Crippen LogP contribution in [0, 0.1) is 11.6 Å². The van der Waals surface area contributed by atoms with E-state index in [2.05, 4.69) is 25.9 Å². The number of aromatic nitrogens is 4. The summed E-state index contributed by atoms with van der Waals surface area (Å²) in [6.45, 7) is -0.0974. The van der Waals surface area contributed by atoms with Crippen LogP contribution in [0.2, 0.25) is 0 Å². The number of hydrogen-bond acceptors (Lipinski definition) is 8. The first-order chi connectivity index (χ1) is 15.0. The van der Waals surface area contributed by atoms with E-state index in [0.717, 1.165) is 23.5 Å². The lowest BCUT2D eigenvalue weighted by atomic mass is 10.2. The van der Waals surface area contributed by atoms with Crippen LogP contribution < -0.4 is 19.5 Å². The second kappa shape index (κ2) is 8.52. The molecule has 2 aromatic heterocycles. The van der Waals surface area contributed by atoms with Crippen molar-refractivity contribution in [2.45, 2.75) is 6.61 Å². The molecule has 0 spiro atoms. The van der Waals surface area contributed by atoms with Crippen molar-refractivity contribution >= 4 is 33.3 Å². The number of nitrogens with zero attached hydrogens (tertiary/aromatic N) is 3. The van der Waals surface area contributed by atoms with Crippen LogP contribution in [-0.4, -0.2) is 40.8 Å². The number of thiophene rings is 1. The molecule has 2 heterocycles. The molecule has 1 amide bonds. The fourth-order valence-corrected chi connectivity index (χ4v) is 3.90. The lowest BCUT2D eigenvalue weighted by Gasteiger charge is -2.10. The zero-order valence-corrected chi connectivity index (χ0v) is 17.0. The standard InChI is InChI=1S/C19H15F2N5O4S/c1-28-13-6-10-15(7-14(13)29-2)31-17(18(27)22-19-23-25-26-24-19)16(10)30-8-9-3-4-11(20)12(21)5-9/h3-7H,8H2,1-2H3,(H2,22,23,24,25,26,27). The number of carbonyl (C=O) groups is 1. The molecule has 2 aromatic carbocycles. The Morgan fingerprint density at radius 3 is 2.58 bits per heavy atom. The van der Waals surface area contributed by atoms with Gasteiger partial charge in [-0.25, -0.2) is 8.78 Å². The maximum atomic E-state index is 13.6. The summed E-state index contributed by atoms with van der Waals surface area (Å²) in [7, 11) is 2.99. The molecule has 0 aliphatic rings. The quantitative estimate of drug-likeness (QED) is 0.446. The highest BCUT2D eigenvalue weighted by Gasteiger charge is 2.23. The Labute approximate surface area is 177 Å². The van der Waals surface area contributed by atoms with Gasteiger partial charge in [-0.05, 0) is 29.0 Å². The number of halogens is 2. The van der Waals surface area contributed by atoms with Gasteiger partial charge in [0, 0.05) is 16.2 Å². The second-order valence-corrected chi connectivity index (χ2v) is 7.24. The number of fused-ring (bicyclic) bond motifs is 1. The predicted octanol–water partition coefficient (Wildman–Crippen LogP) is 3.54. The van der Waals surface area contributed by atoms with Crippen LogP contribution in [0.5, 0.6) is 17.2 Å². The van der Waals surface area contributed by atoms with Gasteiger partial charge in [0.05, 0.1) is 14.2 Å². The highest BCUT2D eigenvalue weighted by Crippen LogP contribution is 2.44. The van der Waals surface area contributed by atoms with Crippen LogP contribution in [0.25, 0.3) is 10.1 Å². The lowest BCUT2D eigenvalue weighted by Crippen LogP contribution is -2.13. The summed E-state index contributed by atoms with van der Waals surface area (Å²) in [6.07, 6.45) is 0. The van der Waals surface area contributed by atoms with Gasteiger partial charge < -0.3 is 14.2 Å². The number of hydrogen-bond donors (Lipinski definition) is 2. The van der Waals surface area contributed by atoms with Crippen LogP contribution in [0.3, 0.4) is 0 Å². The van der Waals surface area contributed by atoms with Gasteiger partial charge in [0.15, 0.2) is 28.9 Å². The number of methoxy groups -OCH3 is 2. The molecule has 160 valence electrons. The van der Waals surface area contributed by atoms with E-state index in [-0.39, 0.29) is 23.2 Å². The molecule has 0 radical (unpaired) electrons. The third-order valence-corrected chi connectivity index (χ3v) is 5.43. The minimum absolute atomic E-state index is 0.0100. The van der Waals surface area contributed by atoms with E-state index in [1.807, 2.05) is 0 Å². The lowest BCUT2D eigenvalue weighted by molar-refractivity contribution is 0.102. The molecule has 0 aliphatic carbocycles. The van der Waals surface area contributed by atoms with Crippen molar-refractivity contribution in [3.63, 3.8) is 0 Å². The molecule has 0 saturated heterocycles. The van der Waals surface area contributed by atoms with Gasteiger partial charge in [0.2, 0.25) is 0 Å². The van der Waals surface area contributed by atoms with Crippen LogP contribution in [0.15, 0.2) is 30.3 Å². The van der Waals surface area contributed by atoms with Crippen molar-refractivity contribution in [3.05, 3.63) is 52.4 Å². The summed E-state index contributed by atoms with van der Waals surface area (Å²) in [5.74, 6) is -1.32. The van der Waals surface area contributed by atoms with E-state index in [9.17, 15) is 13.6 Å². The minimum atomic E-state index is -0.988. The minimum Gasteiger partial charge on any atom is -0.493 e. The molecular weight excluding hydrogens is 432 g/mol. The molecule has 0 aliphatic heterocycles. The van der Waals surface area contributed by atoms with Crippen molar-refractivity contribution in [2.75, 3.05) is 19.5 Å². The fourth-order valence-electron chi connectivity index (χ4n) is 2.85. The number of tetrazole rings is 1. The van der Waals surface area contributed by atoms with Crippen molar-refractivity contribution in [1.82, 2.24) is 20.6 Å². The summed E-state index contributed by atoms with van der Waals surface area (Å²) in [6, 6.07) is 6.84. The third-order valence-electron chi connectivity index (χ3n) is 4.29. The van der Waals surface area contributed by atoms with Gasteiger partial charge in [-0.2, -0.15) is 5.21 Å². The van der Waals surface area contributed by atoms with Crippen LogP contribution in [0.4, 0.5) is 14.7 Å². The molecule has 4 aromatic rings. The maximum absolute atomic E-state index is 13.6. The number of amides is 1. The van der Waals surface area contributed by atoms with Crippen molar-refractivity contribution in [2.24, 2.45) is 0 Å². The number of benzene rings is 2. The van der Waals surface area contributed by atoms with Gasteiger partial charge >= 0.3 is 0 Å². The van der Waals surface area contributed by atoms with Crippen LogP contribution >= 0.6 is 11.3 Å². The number of nitrogens with one attached hydrogen (secondary N) is 2. The van der Waals surface area contributed by atoms with Gasteiger partial charge in [-0.15, -0.1) is 16.4 Å². The van der Waals surface area contributed by atoms with E-state index in [4.69, 9.17) is 14.2 Å². The van der Waals surface area contributed by atoms with E-state index in [0.29, 0.717) is 27.1 Å². The summed E-state index contributed by atoms with van der Waals surface area (Å²) in [5.41, 5.74) is 0.392. The largest absolute Gasteiger partial charge is 0.493 e. The van der Waals surface area contributed by atoms with Gasteiger partial charge in [-0.3, -0.25) is 10.1 Å². The van der Waals surface area contributed by atoms with Crippen molar-refractivity contribution in [3.8, 4) is 17.2 Å². The van der Waals surface area contributed by atoms with Crippen molar-refractivity contribution < 1.29 is 27.8 Å². The monoisotopic (exact) mass is 447 g/mol. The van der Waals surface area contributed by atoms with E-state index >= 15 is 0 Å². The number of carbonyl (C=O) groups excluding carboxylic acids is 1. The first-order valence-electron chi connectivity index (χ1n) is 8.80. The number of anilines is 1. The van der Waals surface area contributed by atoms with Gasteiger partial charge in [0.25, 0.3) is 11.9 Å². The molecule has 0 bridgehead atoms. The highest BCUT2D eigenvalue weighted by molar-refractivity contribution is 7.21. The molecule has 4 rings (SSSR count). The molecule has 2 N–H and O–H groups in total. The van der Waals surface area contributed by atoms with Gasteiger partial charge in [0.1, 0.15) is 11.5 Å². The number of aromatic amines is 1. The Hall–Kier alpha value is -3.80. The van der Waals surface area contributed by atoms with Crippen LogP contribution in [-0.2, 0) is 6.61 Å². The number of rotatable bonds is 7. The first-order valence-corrected chi connectivity index (χ1v) is 9.62. The van der Waals surface area contributed by atoms with Gasteiger partial charge in [-0.1, -0.05) is 11.2 Å². The van der Waals surface area contributed by atoms with Crippen molar-refractivity contribution in [1.29, 1.82) is 0 Å². The average molecular weight is 447 g/mol.